The van der Waals surface area contributed by atoms with E-state index in [1.165, 1.54) is 25.7 Å². The van der Waals surface area contributed by atoms with E-state index in [4.69, 9.17) is 0 Å². The number of carbonyl (C=O) groups is 1. The molecule has 0 aromatic rings. The van der Waals surface area contributed by atoms with E-state index in [1.54, 1.807) is 0 Å². The molecule has 4 nitrogen and oxygen atoms in total. The Kier molecular flexibility index (Phi) is 6.31. The quantitative estimate of drug-likeness (QED) is 0.613. The third kappa shape index (κ3) is 3.54. The van der Waals surface area contributed by atoms with Crippen LogP contribution in [0.25, 0.3) is 0 Å². The summed E-state index contributed by atoms with van der Waals surface area (Å²) in [4.78, 5) is 12.0. The molecule has 10 atom stereocenters. The molecule has 4 fully saturated rings. The first-order valence-electron chi connectivity index (χ1n) is 12.8. The third-order valence-electron chi connectivity index (χ3n) is 10.7. The van der Waals surface area contributed by atoms with Gasteiger partial charge in [0.2, 0.25) is 5.91 Å². The summed E-state index contributed by atoms with van der Waals surface area (Å²) >= 11 is 0. The number of rotatable bonds is 5. The van der Waals surface area contributed by atoms with Crippen molar-refractivity contribution < 1.29 is 15.0 Å². The summed E-state index contributed by atoms with van der Waals surface area (Å²) < 4.78 is 0. The maximum Gasteiger partial charge on any atom is 0.219 e. The average Bonchev–Trinajstić information content (AvgIpc) is 3.07. The number of aliphatic hydroxyl groups is 2. The molecule has 0 aromatic carbocycles. The van der Waals surface area contributed by atoms with Crippen LogP contribution in [0.15, 0.2) is 0 Å². The van der Waals surface area contributed by atoms with Gasteiger partial charge in [-0.25, -0.2) is 0 Å². The molecule has 4 saturated carbocycles. The van der Waals surface area contributed by atoms with Crippen molar-refractivity contribution in [3.63, 3.8) is 0 Å². The van der Waals surface area contributed by atoms with Crippen LogP contribution in [0, 0.1) is 46.3 Å². The molecule has 4 rings (SSSR count). The lowest BCUT2D eigenvalue weighted by atomic mass is 9.43. The number of aliphatic hydroxyl groups excluding tert-OH is 2. The van der Waals surface area contributed by atoms with Gasteiger partial charge in [-0.05, 0) is 111 Å². The van der Waals surface area contributed by atoms with Crippen molar-refractivity contribution >= 4 is 5.91 Å². The van der Waals surface area contributed by atoms with Gasteiger partial charge in [-0.15, -0.1) is 0 Å². The Morgan fingerprint density at radius 2 is 1.83 bits per heavy atom. The fraction of sp³-hybridized carbons (Fsp3) is 0.962. The summed E-state index contributed by atoms with van der Waals surface area (Å²) in [7, 11) is 0. The number of hydrogen-bond acceptors (Lipinski definition) is 3. The lowest BCUT2D eigenvalue weighted by molar-refractivity contribution is -0.174. The molecule has 4 heteroatoms. The van der Waals surface area contributed by atoms with Crippen LogP contribution < -0.4 is 5.32 Å². The Bertz CT molecular complexity index is 638. The molecule has 0 aromatic heterocycles. The Balaban J connectivity index is 1.50. The zero-order chi connectivity index (χ0) is 21.7. The summed E-state index contributed by atoms with van der Waals surface area (Å²) in [6, 6.07) is 0. The minimum Gasteiger partial charge on any atom is -0.393 e. The van der Waals surface area contributed by atoms with E-state index in [0.717, 1.165) is 38.0 Å². The second-order valence-electron chi connectivity index (χ2n) is 11.9. The zero-order valence-corrected chi connectivity index (χ0v) is 19.7. The lowest BCUT2D eigenvalue weighted by Gasteiger charge is -2.62. The number of carbonyl (C=O) groups excluding carboxylic acids is 1. The molecule has 10 unspecified atom stereocenters. The van der Waals surface area contributed by atoms with Crippen molar-refractivity contribution in [1.82, 2.24) is 5.32 Å². The third-order valence-corrected chi connectivity index (χ3v) is 10.7. The summed E-state index contributed by atoms with van der Waals surface area (Å²) in [5.74, 6) is 3.76. The predicted molar refractivity (Wildman–Crippen MR) is 120 cm³/mol. The minimum absolute atomic E-state index is 0.000800. The Labute approximate surface area is 183 Å². The SMILES string of the molecule is CCNC(=O)CCC(C)C1CCC2C3CCC4CC(O)CCC4(C)C3CC(O)C12C. The predicted octanol–water partition coefficient (Wildman–Crippen LogP) is 4.53. The molecule has 1 amide bonds. The molecule has 0 saturated heterocycles. The van der Waals surface area contributed by atoms with Crippen LogP contribution in [0.3, 0.4) is 0 Å². The smallest absolute Gasteiger partial charge is 0.219 e. The zero-order valence-electron chi connectivity index (χ0n) is 19.7. The molecule has 172 valence electrons. The van der Waals surface area contributed by atoms with E-state index >= 15 is 0 Å². The van der Waals surface area contributed by atoms with Crippen molar-refractivity contribution in [2.24, 2.45) is 46.3 Å². The highest BCUT2D eigenvalue weighted by Gasteiger charge is 2.63. The first-order valence-corrected chi connectivity index (χ1v) is 12.8. The van der Waals surface area contributed by atoms with Crippen LogP contribution >= 0.6 is 0 Å². The second kappa shape index (κ2) is 8.39. The van der Waals surface area contributed by atoms with E-state index in [0.29, 0.717) is 48.0 Å². The first-order chi connectivity index (χ1) is 14.2. The van der Waals surface area contributed by atoms with E-state index in [-0.39, 0.29) is 23.5 Å². The van der Waals surface area contributed by atoms with Crippen molar-refractivity contribution in [3.8, 4) is 0 Å². The van der Waals surface area contributed by atoms with Crippen LogP contribution in [-0.4, -0.2) is 34.9 Å². The molecular weight excluding hydrogens is 374 g/mol. The summed E-state index contributed by atoms with van der Waals surface area (Å²) in [6.07, 6.45) is 10.2. The highest BCUT2D eigenvalue weighted by molar-refractivity contribution is 5.75. The van der Waals surface area contributed by atoms with Gasteiger partial charge < -0.3 is 15.5 Å². The monoisotopic (exact) mass is 419 g/mol. The number of hydrogen-bond donors (Lipinski definition) is 3. The van der Waals surface area contributed by atoms with Gasteiger partial charge in [0.25, 0.3) is 0 Å². The Morgan fingerprint density at radius 3 is 2.57 bits per heavy atom. The van der Waals surface area contributed by atoms with Crippen molar-refractivity contribution in [2.75, 3.05) is 6.54 Å². The summed E-state index contributed by atoms with van der Waals surface area (Å²) in [5, 5.41) is 24.8. The molecule has 4 aliphatic carbocycles. The van der Waals surface area contributed by atoms with Crippen LogP contribution in [-0.2, 0) is 4.79 Å². The van der Waals surface area contributed by atoms with E-state index in [9.17, 15) is 15.0 Å². The van der Waals surface area contributed by atoms with Gasteiger partial charge in [0.05, 0.1) is 12.2 Å². The Morgan fingerprint density at radius 1 is 1.07 bits per heavy atom. The Hall–Kier alpha value is -0.610. The lowest BCUT2D eigenvalue weighted by Crippen LogP contribution is -2.58. The molecule has 3 N–H and O–H groups in total. The normalized spacial score (nSPS) is 48.9. The van der Waals surface area contributed by atoms with Crippen molar-refractivity contribution in [1.29, 1.82) is 0 Å². The van der Waals surface area contributed by atoms with Gasteiger partial charge in [-0.1, -0.05) is 20.8 Å². The maximum atomic E-state index is 12.0. The number of fused-ring (bicyclic) bond motifs is 5. The fourth-order valence-electron chi connectivity index (χ4n) is 9.01. The largest absolute Gasteiger partial charge is 0.393 e. The summed E-state index contributed by atoms with van der Waals surface area (Å²) in [6.45, 7) is 9.86. The topological polar surface area (TPSA) is 69.6 Å². The number of nitrogens with one attached hydrogen (secondary N) is 1. The molecule has 0 radical (unpaired) electrons. The van der Waals surface area contributed by atoms with Gasteiger partial charge in [-0.3, -0.25) is 4.79 Å². The van der Waals surface area contributed by atoms with Crippen molar-refractivity contribution in [2.45, 2.75) is 104 Å². The summed E-state index contributed by atoms with van der Waals surface area (Å²) in [5.41, 5.74) is 0.297. The van der Waals surface area contributed by atoms with Gasteiger partial charge in [-0.2, -0.15) is 0 Å². The van der Waals surface area contributed by atoms with Gasteiger partial charge in [0, 0.05) is 13.0 Å². The van der Waals surface area contributed by atoms with Crippen LogP contribution in [0.2, 0.25) is 0 Å². The molecule has 0 aliphatic heterocycles. The molecule has 4 aliphatic rings. The van der Waals surface area contributed by atoms with Crippen molar-refractivity contribution in [3.05, 3.63) is 0 Å². The van der Waals surface area contributed by atoms with Gasteiger partial charge in [0.1, 0.15) is 0 Å². The minimum atomic E-state index is -0.231. The van der Waals surface area contributed by atoms with E-state index in [1.807, 2.05) is 6.92 Å². The molecule has 30 heavy (non-hydrogen) atoms. The molecular formula is C26H45NO3. The average molecular weight is 420 g/mol. The van der Waals surface area contributed by atoms with E-state index < -0.39 is 0 Å². The fourth-order valence-corrected chi connectivity index (χ4v) is 9.01. The highest BCUT2D eigenvalue weighted by atomic mass is 16.3. The van der Waals surface area contributed by atoms with E-state index in [2.05, 4.69) is 26.1 Å². The maximum absolute atomic E-state index is 12.0. The van der Waals surface area contributed by atoms with Gasteiger partial charge in [0.15, 0.2) is 0 Å². The molecule has 0 spiro atoms. The molecule has 0 bridgehead atoms. The van der Waals surface area contributed by atoms with Gasteiger partial charge >= 0.3 is 0 Å². The highest BCUT2D eigenvalue weighted by Crippen LogP contribution is 2.68. The number of amides is 1. The van der Waals surface area contributed by atoms with Crippen LogP contribution in [0.5, 0.6) is 0 Å². The second-order valence-corrected chi connectivity index (χ2v) is 11.9. The standard InChI is InChI=1S/C26H45NO3/c1-5-27-24(30)11-6-16(2)20-9-10-21-19-8-7-17-14-18(28)12-13-25(17,3)22(19)15-23(29)26(20,21)4/h16-23,28-29H,5-15H2,1-4H3,(H,27,30). The van der Waals surface area contributed by atoms with Crippen LogP contribution in [0.1, 0.15) is 91.9 Å². The first kappa shape index (κ1) is 22.6. The molecule has 0 heterocycles. The van der Waals surface area contributed by atoms with Crippen LogP contribution in [0.4, 0.5) is 0 Å².